The first-order valence-electron chi connectivity index (χ1n) is 11.5. The summed E-state index contributed by atoms with van der Waals surface area (Å²) in [6.07, 6.45) is 3.24. The molecule has 0 unspecified atom stereocenters. The van der Waals surface area contributed by atoms with Crippen molar-refractivity contribution in [3.05, 3.63) is 53.2 Å². The third-order valence-corrected chi connectivity index (χ3v) is 8.09. The summed E-state index contributed by atoms with van der Waals surface area (Å²) in [5.41, 5.74) is 3.04. The quantitative estimate of drug-likeness (QED) is 0.318. The number of H-pyrrole nitrogens is 1. The lowest BCUT2D eigenvalue weighted by molar-refractivity contribution is -0.122. The topological polar surface area (TPSA) is 123 Å². The van der Waals surface area contributed by atoms with Crippen LogP contribution in [0.2, 0.25) is 0 Å². The summed E-state index contributed by atoms with van der Waals surface area (Å²) in [4.78, 5) is 41.1. The fourth-order valence-electron chi connectivity index (χ4n) is 4.99. The van der Waals surface area contributed by atoms with E-state index in [1.54, 1.807) is 6.20 Å². The first-order valence-corrected chi connectivity index (χ1v) is 12.4. The van der Waals surface area contributed by atoms with Crippen molar-refractivity contribution in [2.75, 3.05) is 31.6 Å². The highest BCUT2D eigenvalue weighted by atomic mass is 32.1. The lowest BCUT2D eigenvalue weighted by Crippen LogP contribution is -2.54. The zero-order valence-electron chi connectivity index (χ0n) is 19.1. The van der Waals surface area contributed by atoms with Crippen molar-refractivity contribution in [1.29, 1.82) is 0 Å². The molecule has 3 aromatic heterocycles. The molecule has 178 valence electrons. The third kappa shape index (κ3) is 3.44. The number of aromatic amines is 1. The van der Waals surface area contributed by atoms with Crippen LogP contribution in [0, 0.1) is 0 Å². The summed E-state index contributed by atoms with van der Waals surface area (Å²) in [6, 6.07) is 9.49. The van der Waals surface area contributed by atoms with Gasteiger partial charge in [-0.15, -0.1) is 11.3 Å². The smallest absolute Gasteiger partial charge is 0.261 e. The number of thiophene rings is 1. The Kier molecular flexibility index (Phi) is 5.17. The van der Waals surface area contributed by atoms with Gasteiger partial charge in [-0.05, 0) is 37.4 Å². The number of aromatic nitrogens is 3. The van der Waals surface area contributed by atoms with Crippen molar-refractivity contribution < 1.29 is 14.7 Å². The van der Waals surface area contributed by atoms with Gasteiger partial charge in [0.15, 0.2) is 0 Å². The molecule has 0 spiro atoms. The number of imide groups is 1. The highest BCUT2D eigenvalue weighted by molar-refractivity contribution is 7.17. The maximum absolute atomic E-state index is 13.2. The Bertz CT molecular complexity index is 1510. The Morgan fingerprint density at radius 1 is 1.11 bits per heavy atom. The van der Waals surface area contributed by atoms with E-state index in [4.69, 9.17) is 9.97 Å². The van der Waals surface area contributed by atoms with Gasteiger partial charge in [-0.2, -0.15) is 0 Å². The molecule has 1 fully saturated rings. The Labute approximate surface area is 204 Å². The van der Waals surface area contributed by atoms with E-state index in [1.165, 1.54) is 11.3 Å². The number of anilines is 1. The average Bonchev–Trinajstić information content (AvgIpc) is 3.58. The van der Waals surface area contributed by atoms with Crippen molar-refractivity contribution >= 4 is 61.4 Å². The molecule has 10 heteroatoms. The van der Waals surface area contributed by atoms with Crippen LogP contribution in [0.5, 0.6) is 0 Å². The molecule has 4 aromatic rings. The van der Waals surface area contributed by atoms with Gasteiger partial charge in [0.05, 0.1) is 39.2 Å². The molecule has 1 saturated heterocycles. The van der Waals surface area contributed by atoms with Gasteiger partial charge in [-0.25, -0.2) is 9.97 Å². The minimum Gasteiger partial charge on any atom is -0.394 e. The minimum absolute atomic E-state index is 0.0630. The van der Waals surface area contributed by atoms with Gasteiger partial charge in [-0.3, -0.25) is 14.9 Å². The SMILES string of the molecule is CNC1(CO)CCN(c2nc(C3=C(c4c[nH]c5ccsc45)C(=O)NC3=O)c3ccccc3n2)CC1. The van der Waals surface area contributed by atoms with E-state index in [2.05, 4.69) is 20.5 Å². The molecule has 0 aliphatic carbocycles. The second-order valence-electron chi connectivity index (χ2n) is 8.96. The van der Waals surface area contributed by atoms with Gasteiger partial charge in [0, 0.05) is 35.8 Å². The second-order valence-corrected chi connectivity index (χ2v) is 9.88. The molecular weight excluding hydrogens is 464 g/mol. The van der Waals surface area contributed by atoms with Crippen LogP contribution in [-0.4, -0.2) is 64.2 Å². The third-order valence-electron chi connectivity index (χ3n) is 7.15. The molecule has 2 amide bonds. The van der Waals surface area contributed by atoms with Crippen molar-refractivity contribution in [3.63, 3.8) is 0 Å². The molecular formula is C25H24N6O3S. The maximum Gasteiger partial charge on any atom is 0.261 e. The van der Waals surface area contributed by atoms with Gasteiger partial charge in [0.1, 0.15) is 0 Å². The maximum atomic E-state index is 13.2. The first kappa shape index (κ1) is 21.9. The molecule has 4 N–H and O–H groups in total. The van der Waals surface area contributed by atoms with Crippen LogP contribution in [0.4, 0.5) is 5.95 Å². The molecule has 0 atom stereocenters. The number of fused-ring (bicyclic) bond motifs is 2. The number of nitrogens with zero attached hydrogens (tertiary/aromatic N) is 3. The number of benzene rings is 1. The zero-order chi connectivity index (χ0) is 24.2. The van der Waals surface area contributed by atoms with Crippen molar-refractivity contribution in [2.24, 2.45) is 0 Å². The van der Waals surface area contributed by atoms with Gasteiger partial charge < -0.3 is 20.3 Å². The molecule has 9 nitrogen and oxygen atoms in total. The van der Waals surface area contributed by atoms with E-state index < -0.39 is 11.8 Å². The summed E-state index contributed by atoms with van der Waals surface area (Å²) in [5, 5.41) is 18.3. The van der Waals surface area contributed by atoms with E-state index in [0.29, 0.717) is 46.8 Å². The highest BCUT2D eigenvalue weighted by Gasteiger charge is 2.37. The number of para-hydroxylation sites is 1. The van der Waals surface area contributed by atoms with E-state index in [-0.39, 0.29) is 17.7 Å². The number of piperidine rings is 1. The van der Waals surface area contributed by atoms with Crippen LogP contribution in [-0.2, 0) is 9.59 Å². The fourth-order valence-corrected chi connectivity index (χ4v) is 5.87. The van der Waals surface area contributed by atoms with Crippen LogP contribution < -0.4 is 15.5 Å². The predicted octanol–water partition coefficient (Wildman–Crippen LogP) is 2.29. The largest absolute Gasteiger partial charge is 0.394 e. The number of nitrogens with one attached hydrogen (secondary N) is 3. The van der Waals surface area contributed by atoms with Crippen LogP contribution in [0.25, 0.3) is 32.3 Å². The molecule has 6 rings (SSSR count). The van der Waals surface area contributed by atoms with Crippen LogP contribution in [0.1, 0.15) is 24.1 Å². The Hall–Kier alpha value is -3.60. The molecule has 0 bridgehead atoms. The normalized spacial score (nSPS) is 18.2. The summed E-state index contributed by atoms with van der Waals surface area (Å²) in [7, 11) is 1.87. The average molecular weight is 489 g/mol. The van der Waals surface area contributed by atoms with Gasteiger partial charge >= 0.3 is 0 Å². The lowest BCUT2D eigenvalue weighted by atomic mass is 9.88. The fraction of sp³-hybridized carbons (Fsp3) is 0.280. The molecule has 5 heterocycles. The Morgan fingerprint density at radius 2 is 1.89 bits per heavy atom. The summed E-state index contributed by atoms with van der Waals surface area (Å²) >= 11 is 1.52. The summed E-state index contributed by atoms with van der Waals surface area (Å²) < 4.78 is 0.921. The van der Waals surface area contributed by atoms with Crippen LogP contribution >= 0.6 is 11.3 Å². The predicted molar refractivity (Wildman–Crippen MR) is 136 cm³/mol. The number of hydrogen-bond donors (Lipinski definition) is 4. The summed E-state index contributed by atoms with van der Waals surface area (Å²) in [6.45, 7) is 1.38. The standard InChI is InChI=1S/C25H24N6O3S/c1-26-25(13-32)7-9-31(10-8-25)24-28-16-5-3-2-4-14(16)20(29-24)19-18(22(33)30-23(19)34)15-12-27-17-6-11-35-21(15)17/h2-6,11-12,26-27,32H,7-10,13H2,1H3,(H,30,33,34). The number of likely N-dealkylation sites (N-methyl/N-ethyl adjacent to an activating group) is 1. The van der Waals surface area contributed by atoms with Crippen LogP contribution in [0.3, 0.4) is 0 Å². The molecule has 0 radical (unpaired) electrons. The molecule has 35 heavy (non-hydrogen) atoms. The number of rotatable bonds is 5. The van der Waals surface area contributed by atoms with Crippen molar-refractivity contribution in [1.82, 2.24) is 25.6 Å². The van der Waals surface area contributed by atoms with Gasteiger partial charge in [-0.1, -0.05) is 18.2 Å². The Balaban J connectivity index is 1.52. The number of amides is 2. The number of aliphatic hydroxyl groups excluding tert-OH is 1. The van der Waals surface area contributed by atoms with Crippen molar-refractivity contribution in [2.45, 2.75) is 18.4 Å². The number of carbonyl (C=O) groups excluding carboxylic acids is 2. The number of carbonyl (C=O) groups is 2. The van der Waals surface area contributed by atoms with E-state index in [1.807, 2.05) is 42.8 Å². The molecule has 1 aromatic carbocycles. The Morgan fingerprint density at radius 3 is 2.66 bits per heavy atom. The lowest BCUT2D eigenvalue weighted by Gasteiger charge is -2.40. The van der Waals surface area contributed by atoms with E-state index in [9.17, 15) is 14.7 Å². The minimum atomic E-state index is -0.459. The van der Waals surface area contributed by atoms with Crippen LogP contribution in [0.15, 0.2) is 41.9 Å². The summed E-state index contributed by atoms with van der Waals surface area (Å²) in [5.74, 6) is -0.377. The van der Waals surface area contributed by atoms with Gasteiger partial charge in [0.25, 0.3) is 11.8 Å². The molecule has 2 aliphatic heterocycles. The molecule has 0 saturated carbocycles. The number of aliphatic hydroxyl groups is 1. The number of hydrogen-bond acceptors (Lipinski definition) is 8. The van der Waals surface area contributed by atoms with E-state index >= 15 is 0 Å². The second kappa shape index (κ2) is 8.26. The van der Waals surface area contributed by atoms with Gasteiger partial charge in [0.2, 0.25) is 5.95 Å². The molecule has 2 aliphatic rings. The van der Waals surface area contributed by atoms with Crippen molar-refractivity contribution in [3.8, 4) is 0 Å². The zero-order valence-corrected chi connectivity index (χ0v) is 19.9. The monoisotopic (exact) mass is 488 g/mol. The highest BCUT2D eigenvalue weighted by Crippen LogP contribution is 2.38. The van der Waals surface area contributed by atoms with E-state index in [0.717, 1.165) is 23.1 Å². The first-order chi connectivity index (χ1) is 17.0.